The van der Waals surface area contributed by atoms with Gasteiger partial charge in [0.2, 0.25) is 0 Å². The Kier molecular flexibility index (Phi) is 10.6. The molecule has 0 saturated carbocycles. The van der Waals surface area contributed by atoms with Crippen LogP contribution in [0.5, 0.6) is 0 Å². The second kappa shape index (κ2) is 11.6. The van der Waals surface area contributed by atoms with Gasteiger partial charge in [0.05, 0.1) is 0 Å². The molecular formula is C15H28ClN4Ti. The summed E-state index contributed by atoms with van der Waals surface area (Å²) in [6, 6.07) is 11.1. The number of benzene rings is 1. The summed E-state index contributed by atoms with van der Waals surface area (Å²) < 4.78 is 4.30. The van der Waals surface area contributed by atoms with Crippen molar-refractivity contribution in [1.29, 1.82) is 0 Å². The SMILES string of the molecule is Cl.[CH3][Ti]([c]1ccccc1)[N]1CCNCCNCCNCC1. The van der Waals surface area contributed by atoms with E-state index in [1.807, 2.05) is 0 Å². The molecule has 21 heavy (non-hydrogen) atoms. The van der Waals surface area contributed by atoms with Gasteiger partial charge in [-0.2, -0.15) is 0 Å². The molecule has 1 aliphatic rings. The van der Waals surface area contributed by atoms with Crippen LogP contribution >= 0.6 is 12.4 Å². The van der Waals surface area contributed by atoms with Gasteiger partial charge in [-0.15, -0.1) is 12.4 Å². The van der Waals surface area contributed by atoms with Crippen molar-refractivity contribution >= 4 is 16.3 Å². The van der Waals surface area contributed by atoms with E-state index in [9.17, 15) is 0 Å². The number of halogens is 1. The zero-order chi connectivity index (χ0) is 14.0. The van der Waals surface area contributed by atoms with Crippen molar-refractivity contribution in [1.82, 2.24) is 19.3 Å². The van der Waals surface area contributed by atoms with Crippen LogP contribution in [0.2, 0.25) is 5.23 Å². The van der Waals surface area contributed by atoms with Crippen LogP contribution in [0.25, 0.3) is 0 Å². The molecule has 0 aromatic heterocycles. The maximum absolute atomic E-state index is 3.54. The summed E-state index contributed by atoms with van der Waals surface area (Å²) in [6.07, 6.45) is 0. The molecule has 0 amide bonds. The van der Waals surface area contributed by atoms with Gasteiger partial charge < -0.3 is 0 Å². The van der Waals surface area contributed by atoms with E-state index < -0.39 is 18.1 Å². The van der Waals surface area contributed by atoms with Crippen molar-refractivity contribution in [3.63, 3.8) is 0 Å². The summed E-state index contributed by atoms with van der Waals surface area (Å²) in [5.74, 6) is 0. The summed E-state index contributed by atoms with van der Waals surface area (Å²) in [4.78, 5) is 0. The topological polar surface area (TPSA) is 39.3 Å². The van der Waals surface area contributed by atoms with Crippen LogP contribution < -0.4 is 19.8 Å². The quantitative estimate of drug-likeness (QED) is 0.677. The summed E-state index contributed by atoms with van der Waals surface area (Å²) in [6.45, 7) is 8.80. The monoisotopic (exact) mass is 347 g/mol. The average Bonchev–Trinajstić information content (AvgIpc) is 2.48. The Morgan fingerprint density at radius 3 is 1.81 bits per heavy atom. The van der Waals surface area contributed by atoms with Gasteiger partial charge in [-0.3, -0.25) is 0 Å². The molecule has 0 spiro atoms. The average molecular weight is 348 g/mol. The molecule has 1 aromatic carbocycles. The number of nitrogens with one attached hydrogen (secondary N) is 3. The number of rotatable bonds is 2. The predicted octanol–water partition coefficient (Wildman–Crippen LogP) is 0.399. The second-order valence-electron chi connectivity index (χ2n) is 5.19. The zero-order valence-corrected chi connectivity index (χ0v) is 15.3. The molecule has 1 fully saturated rings. The number of hydrogen-bond donors (Lipinski definition) is 3. The standard InChI is InChI=1S/C8H19N4.C6H5.CH3.ClH.Ti/c1-2-10-5-6-12-8-7-11-4-3-9-1;1-2-4-6-5-3-1;;;/h9-11H,1-8H2;1-5H;1H3;1H;/q-1;;;;+1. The fourth-order valence-electron chi connectivity index (χ4n) is 2.47. The van der Waals surface area contributed by atoms with Crippen LogP contribution in [-0.2, 0) is 18.1 Å². The van der Waals surface area contributed by atoms with Crippen LogP contribution in [0.4, 0.5) is 0 Å². The van der Waals surface area contributed by atoms with E-state index in [0.29, 0.717) is 0 Å². The Labute approximate surface area is 141 Å². The fourth-order valence-corrected chi connectivity index (χ4v) is 5.49. The first-order valence-corrected chi connectivity index (χ1v) is 10.7. The molecule has 1 heterocycles. The van der Waals surface area contributed by atoms with Gasteiger partial charge in [0.15, 0.2) is 0 Å². The van der Waals surface area contributed by atoms with Gasteiger partial charge >= 0.3 is 129 Å². The van der Waals surface area contributed by atoms with Crippen LogP contribution in [0.15, 0.2) is 30.3 Å². The van der Waals surface area contributed by atoms with Crippen LogP contribution in [0.3, 0.4) is 0 Å². The minimum absolute atomic E-state index is 0. The first kappa shape index (κ1) is 19.1. The molecule has 0 bridgehead atoms. The van der Waals surface area contributed by atoms with Crippen molar-refractivity contribution < 1.29 is 18.1 Å². The van der Waals surface area contributed by atoms with E-state index in [-0.39, 0.29) is 12.4 Å². The van der Waals surface area contributed by atoms with E-state index in [1.54, 1.807) is 3.87 Å². The number of nitrogens with zero attached hydrogens (tertiary/aromatic N) is 1. The third kappa shape index (κ3) is 7.24. The van der Waals surface area contributed by atoms with E-state index in [1.165, 1.54) is 13.1 Å². The third-order valence-corrected chi connectivity index (χ3v) is 7.75. The van der Waals surface area contributed by atoms with Crippen LogP contribution in [0.1, 0.15) is 0 Å². The Balaban J connectivity index is 0.00000220. The van der Waals surface area contributed by atoms with E-state index in [2.05, 4.69) is 54.9 Å². The van der Waals surface area contributed by atoms with Crippen LogP contribution in [-0.4, -0.2) is 55.7 Å². The van der Waals surface area contributed by atoms with Crippen molar-refractivity contribution in [3.8, 4) is 0 Å². The molecule has 0 atom stereocenters. The van der Waals surface area contributed by atoms with Crippen LogP contribution in [0, 0.1) is 0 Å². The Morgan fingerprint density at radius 1 is 0.810 bits per heavy atom. The van der Waals surface area contributed by atoms with Crippen molar-refractivity contribution in [2.24, 2.45) is 0 Å². The van der Waals surface area contributed by atoms with Gasteiger partial charge in [0.1, 0.15) is 0 Å². The first-order chi connectivity index (χ1) is 9.88. The van der Waals surface area contributed by atoms with Crippen molar-refractivity contribution in [3.05, 3.63) is 30.3 Å². The summed E-state index contributed by atoms with van der Waals surface area (Å²) in [5, 5.41) is 13.0. The zero-order valence-electron chi connectivity index (χ0n) is 12.9. The van der Waals surface area contributed by atoms with E-state index >= 15 is 0 Å². The molecule has 6 heteroatoms. The van der Waals surface area contributed by atoms with Gasteiger partial charge in [-0.1, -0.05) is 0 Å². The van der Waals surface area contributed by atoms with Gasteiger partial charge in [-0.25, -0.2) is 0 Å². The molecule has 1 aliphatic heterocycles. The molecule has 4 nitrogen and oxygen atoms in total. The molecule has 2 rings (SSSR count). The first-order valence-electron chi connectivity index (χ1n) is 7.64. The van der Waals surface area contributed by atoms with E-state index in [4.69, 9.17) is 0 Å². The summed E-state index contributed by atoms with van der Waals surface area (Å²) in [7, 11) is 0. The Morgan fingerprint density at radius 2 is 1.29 bits per heavy atom. The molecule has 119 valence electrons. The summed E-state index contributed by atoms with van der Waals surface area (Å²) >= 11 is -1.31. The normalized spacial score (nSPS) is 18.9. The van der Waals surface area contributed by atoms with Gasteiger partial charge in [-0.05, 0) is 0 Å². The molecule has 3 N–H and O–H groups in total. The van der Waals surface area contributed by atoms with Crippen molar-refractivity contribution in [2.75, 3.05) is 52.4 Å². The van der Waals surface area contributed by atoms with Crippen molar-refractivity contribution in [2.45, 2.75) is 5.23 Å². The molecule has 0 unspecified atom stereocenters. The predicted molar refractivity (Wildman–Crippen MR) is 89.4 cm³/mol. The Hall–Kier alpha value is 0.0643. The van der Waals surface area contributed by atoms with E-state index in [0.717, 1.165) is 39.3 Å². The molecule has 0 radical (unpaired) electrons. The number of hydrogen-bond acceptors (Lipinski definition) is 4. The summed E-state index contributed by atoms with van der Waals surface area (Å²) in [5.41, 5.74) is 0. The fraction of sp³-hybridized carbons (Fsp3) is 0.600. The second-order valence-corrected chi connectivity index (χ2v) is 8.91. The molecule has 0 aliphatic carbocycles. The molecule has 1 saturated heterocycles. The molecular weight excluding hydrogens is 320 g/mol. The minimum atomic E-state index is -1.31. The van der Waals surface area contributed by atoms with Gasteiger partial charge in [0.25, 0.3) is 0 Å². The molecule has 1 aromatic rings. The maximum atomic E-state index is 3.54. The third-order valence-electron chi connectivity index (χ3n) is 3.74. The Bertz CT molecular complexity index is 354. The van der Waals surface area contributed by atoms with Gasteiger partial charge in [0, 0.05) is 0 Å².